The highest BCUT2D eigenvalue weighted by molar-refractivity contribution is 7.47. The van der Waals surface area contributed by atoms with Crippen LogP contribution >= 0.6 is 19.4 Å². The van der Waals surface area contributed by atoms with Crippen molar-refractivity contribution in [2.75, 3.05) is 11.1 Å². The molecule has 2 aromatic carbocycles. The maximum absolute atomic E-state index is 12.8. The first-order valence-corrected chi connectivity index (χ1v) is 12.2. The van der Waals surface area contributed by atoms with Crippen LogP contribution in [0.15, 0.2) is 72.2 Å². The van der Waals surface area contributed by atoms with Crippen molar-refractivity contribution in [3.8, 4) is 10.4 Å². The average molecular weight is 463 g/mol. The maximum atomic E-state index is 12.8. The quantitative estimate of drug-likeness (QED) is 0.285. The molecule has 1 atom stereocenters. The summed E-state index contributed by atoms with van der Waals surface area (Å²) in [5.41, 5.74) is 10.9. The minimum atomic E-state index is -2.82. The molecule has 6 nitrogen and oxygen atoms in total. The van der Waals surface area contributed by atoms with E-state index in [1.807, 2.05) is 42.6 Å². The molecule has 8 heteroatoms. The predicted octanol–water partition coefficient (Wildman–Crippen LogP) is 4.64. The lowest BCUT2D eigenvalue weighted by atomic mass is 10.0. The van der Waals surface area contributed by atoms with E-state index in [1.165, 1.54) is 6.20 Å². The molecular weight excluding hydrogens is 441 g/mol. The van der Waals surface area contributed by atoms with Crippen molar-refractivity contribution in [1.82, 2.24) is 4.98 Å². The molecule has 4 rings (SSSR count). The van der Waals surface area contributed by atoms with Crippen LogP contribution in [0.3, 0.4) is 0 Å². The number of aryl methyl sites for hydroxylation is 1. The van der Waals surface area contributed by atoms with E-state index in [9.17, 15) is 14.3 Å². The fourth-order valence-electron chi connectivity index (χ4n) is 3.44. The second-order valence-electron chi connectivity index (χ2n) is 7.35. The molecule has 32 heavy (non-hydrogen) atoms. The Morgan fingerprint density at radius 1 is 1.16 bits per heavy atom. The number of nitrogens with one attached hydrogen (secondary N) is 1. The number of pyridine rings is 1. The minimum Gasteiger partial charge on any atom is -0.397 e. The number of benzene rings is 2. The van der Waals surface area contributed by atoms with E-state index < -0.39 is 8.03 Å². The van der Waals surface area contributed by atoms with Crippen LogP contribution in [0.4, 0.5) is 11.4 Å². The van der Waals surface area contributed by atoms with E-state index in [-0.39, 0.29) is 5.91 Å². The van der Waals surface area contributed by atoms with Crippen molar-refractivity contribution in [2.45, 2.75) is 13.3 Å². The van der Waals surface area contributed by atoms with Gasteiger partial charge in [-0.1, -0.05) is 24.3 Å². The summed E-state index contributed by atoms with van der Waals surface area (Å²) in [7, 11) is -2.82. The number of carbonyl (C=O) groups excluding carboxylic acids is 1. The standard InChI is InChI=1S/C24H22N3O3PS/c1-15-4-2-5-22(31(29)30)19(15)13-18-9-7-17(14-26-18)24(28)27-21-12-16(8-10-20(21)25)23-6-3-11-32-23/h2-12,14,31H,13,25H2,1H3,(H,27,28)(H,29,30). The summed E-state index contributed by atoms with van der Waals surface area (Å²) in [6.45, 7) is 1.90. The molecule has 0 bridgehead atoms. The number of thiophene rings is 1. The van der Waals surface area contributed by atoms with Gasteiger partial charge in [-0.25, -0.2) is 0 Å². The fraction of sp³-hybridized carbons (Fsp3) is 0.0833. The highest BCUT2D eigenvalue weighted by Gasteiger charge is 2.13. The van der Waals surface area contributed by atoms with Gasteiger partial charge in [0.25, 0.3) is 5.91 Å². The number of rotatable bonds is 6. The van der Waals surface area contributed by atoms with Crippen molar-refractivity contribution in [3.05, 3.63) is 94.6 Å². The SMILES string of the molecule is Cc1cccc([PH](=O)O)c1Cc1ccc(C(=O)Nc2cc(-c3cccs3)ccc2N)cn1. The lowest BCUT2D eigenvalue weighted by molar-refractivity contribution is 0.102. The third-order valence-electron chi connectivity index (χ3n) is 5.19. The molecule has 162 valence electrons. The highest BCUT2D eigenvalue weighted by atomic mass is 32.1. The zero-order chi connectivity index (χ0) is 22.7. The van der Waals surface area contributed by atoms with Gasteiger partial charge in [0.1, 0.15) is 0 Å². The number of nitrogen functional groups attached to an aromatic ring is 1. The molecule has 0 aliphatic rings. The number of nitrogens with two attached hydrogens (primary N) is 1. The molecule has 4 N–H and O–H groups in total. The molecule has 0 spiro atoms. The summed E-state index contributed by atoms with van der Waals surface area (Å²) in [4.78, 5) is 27.9. The Bertz CT molecular complexity index is 1290. The molecule has 0 fully saturated rings. The Morgan fingerprint density at radius 3 is 2.69 bits per heavy atom. The van der Waals surface area contributed by atoms with Crippen LogP contribution < -0.4 is 16.4 Å². The van der Waals surface area contributed by atoms with Crippen LogP contribution in [0.25, 0.3) is 10.4 Å². The number of hydrogen-bond acceptors (Lipinski definition) is 5. The number of hydrogen-bond donors (Lipinski definition) is 3. The third-order valence-corrected chi connectivity index (χ3v) is 7.04. The van der Waals surface area contributed by atoms with Gasteiger partial charge in [0, 0.05) is 28.5 Å². The van der Waals surface area contributed by atoms with Gasteiger partial charge in [-0.3, -0.25) is 14.3 Å². The third kappa shape index (κ3) is 4.81. The number of aromatic nitrogens is 1. The van der Waals surface area contributed by atoms with Gasteiger partial charge in [0.05, 0.1) is 16.9 Å². The van der Waals surface area contributed by atoms with Gasteiger partial charge in [0.15, 0.2) is 0 Å². The molecule has 0 aliphatic heterocycles. The van der Waals surface area contributed by atoms with Crippen LogP contribution in [0.1, 0.15) is 27.2 Å². The van der Waals surface area contributed by atoms with Crippen LogP contribution in [-0.2, 0) is 11.0 Å². The second-order valence-corrected chi connectivity index (χ2v) is 9.45. The van der Waals surface area contributed by atoms with Crippen molar-refractivity contribution in [2.24, 2.45) is 0 Å². The maximum Gasteiger partial charge on any atom is 0.257 e. The molecule has 2 heterocycles. The summed E-state index contributed by atoms with van der Waals surface area (Å²) in [5, 5.41) is 5.30. The van der Waals surface area contributed by atoms with E-state index in [0.717, 1.165) is 21.6 Å². The van der Waals surface area contributed by atoms with E-state index in [4.69, 9.17) is 5.73 Å². The number of nitrogens with zero attached hydrogens (tertiary/aromatic N) is 1. The zero-order valence-electron chi connectivity index (χ0n) is 17.3. The van der Waals surface area contributed by atoms with Crippen molar-refractivity contribution >= 4 is 42.0 Å². The van der Waals surface area contributed by atoms with Crippen LogP contribution in [0.5, 0.6) is 0 Å². The first-order chi connectivity index (χ1) is 15.4. The minimum absolute atomic E-state index is 0.309. The van der Waals surface area contributed by atoms with Gasteiger partial charge in [-0.05, 0) is 65.4 Å². The number of amides is 1. The van der Waals surface area contributed by atoms with E-state index in [1.54, 1.807) is 41.7 Å². The molecular formula is C24H22N3O3PS. The Balaban J connectivity index is 1.51. The summed E-state index contributed by atoms with van der Waals surface area (Å²) in [5.74, 6) is -0.309. The van der Waals surface area contributed by atoms with Gasteiger partial charge < -0.3 is 15.9 Å². The van der Waals surface area contributed by atoms with Crippen LogP contribution in [0, 0.1) is 6.92 Å². The molecule has 0 saturated heterocycles. The van der Waals surface area contributed by atoms with E-state index >= 15 is 0 Å². The van der Waals surface area contributed by atoms with E-state index in [0.29, 0.717) is 34.4 Å². The van der Waals surface area contributed by atoms with Crippen molar-refractivity contribution < 1.29 is 14.3 Å². The Hall–Kier alpha value is -3.25. The summed E-state index contributed by atoms with van der Waals surface area (Å²) in [6.07, 6.45) is 1.92. The lowest BCUT2D eigenvalue weighted by Gasteiger charge is -2.12. The number of carbonyl (C=O) groups is 1. The van der Waals surface area contributed by atoms with Gasteiger partial charge in [0.2, 0.25) is 8.03 Å². The monoisotopic (exact) mass is 463 g/mol. The largest absolute Gasteiger partial charge is 0.397 e. The molecule has 0 aliphatic carbocycles. The Morgan fingerprint density at radius 2 is 2.00 bits per heavy atom. The Kier molecular flexibility index (Phi) is 6.51. The summed E-state index contributed by atoms with van der Waals surface area (Å²) < 4.78 is 11.7. The Labute approximate surface area is 190 Å². The lowest BCUT2D eigenvalue weighted by Crippen LogP contribution is -2.14. The fourth-order valence-corrected chi connectivity index (χ4v) is 4.94. The van der Waals surface area contributed by atoms with Crippen LogP contribution in [0.2, 0.25) is 0 Å². The summed E-state index contributed by atoms with van der Waals surface area (Å²) >= 11 is 1.61. The second kappa shape index (κ2) is 9.49. The van der Waals surface area contributed by atoms with Gasteiger partial charge >= 0.3 is 0 Å². The first-order valence-electron chi connectivity index (χ1n) is 9.94. The number of anilines is 2. The molecule has 2 aromatic heterocycles. The smallest absolute Gasteiger partial charge is 0.257 e. The van der Waals surface area contributed by atoms with Crippen molar-refractivity contribution in [3.63, 3.8) is 0 Å². The van der Waals surface area contributed by atoms with Gasteiger partial charge in [-0.15, -0.1) is 11.3 Å². The van der Waals surface area contributed by atoms with E-state index in [2.05, 4.69) is 10.3 Å². The molecule has 4 aromatic rings. The first kappa shape index (κ1) is 22.0. The van der Waals surface area contributed by atoms with Gasteiger partial charge in [-0.2, -0.15) is 0 Å². The molecule has 0 radical (unpaired) electrons. The topological polar surface area (TPSA) is 105 Å². The summed E-state index contributed by atoms with van der Waals surface area (Å²) in [6, 6.07) is 18.3. The predicted molar refractivity (Wildman–Crippen MR) is 131 cm³/mol. The zero-order valence-corrected chi connectivity index (χ0v) is 19.1. The highest BCUT2D eigenvalue weighted by Crippen LogP contribution is 2.30. The molecule has 0 saturated carbocycles. The van der Waals surface area contributed by atoms with Crippen molar-refractivity contribution in [1.29, 1.82) is 0 Å². The average Bonchev–Trinajstić information content (AvgIpc) is 3.32. The molecule has 1 unspecified atom stereocenters. The normalized spacial score (nSPS) is 11.8. The van der Waals surface area contributed by atoms with Crippen LogP contribution in [-0.4, -0.2) is 15.8 Å². The molecule has 1 amide bonds.